The zero-order valence-corrected chi connectivity index (χ0v) is 11.8. The first-order valence-electron chi connectivity index (χ1n) is 7.05. The molecule has 1 rings (SSSR count). The van der Waals surface area contributed by atoms with Crippen molar-refractivity contribution in [2.24, 2.45) is 11.8 Å². The highest BCUT2D eigenvalue weighted by atomic mass is 15.2. The van der Waals surface area contributed by atoms with Gasteiger partial charge in [-0.15, -0.1) is 0 Å². The lowest BCUT2D eigenvalue weighted by Gasteiger charge is -2.42. The molecule has 1 aliphatic rings. The van der Waals surface area contributed by atoms with Crippen molar-refractivity contribution in [1.82, 2.24) is 10.2 Å². The van der Waals surface area contributed by atoms with E-state index in [2.05, 4.69) is 44.8 Å². The fourth-order valence-corrected chi connectivity index (χ4v) is 2.98. The molecule has 0 aromatic heterocycles. The molecule has 0 aromatic rings. The number of hydrogen-bond donors (Lipinski definition) is 1. The van der Waals surface area contributed by atoms with Crippen LogP contribution in [0.4, 0.5) is 0 Å². The number of piperidine rings is 1. The molecule has 1 fully saturated rings. The fourth-order valence-electron chi connectivity index (χ4n) is 2.98. The van der Waals surface area contributed by atoms with Crippen molar-refractivity contribution >= 4 is 0 Å². The quantitative estimate of drug-likeness (QED) is 0.775. The van der Waals surface area contributed by atoms with Gasteiger partial charge in [0.15, 0.2) is 0 Å². The van der Waals surface area contributed by atoms with Crippen LogP contribution in [-0.2, 0) is 0 Å². The van der Waals surface area contributed by atoms with Gasteiger partial charge < -0.3 is 5.32 Å². The zero-order valence-electron chi connectivity index (χ0n) is 11.8. The number of hydrogen-bond acceptors (Lipinski definition) is 2. The molecule has 1 aliphatic heterocycles. The molecule has 1 heterocycles. The topological polar surface area (TPSA) is 15.3 Å². The minimum absolute atomic E-state index is 0.671. The predicted molar refractivity (Wildman–Crippen MR) is 71.7 cm³/mol. The second-order valence-corrected chi connectivity index (χ2v) is 5.68. The average molecular weight is 226 g/mol. The third kappa shape index (κ3) is 3.74. The molecule has 0 aliphatic carbocycles. The summed E-state index contributed by atoms with van der Waals surface area (Å²) in [5, 5.41) is 3.59. The maximum atomic E-state index is 3.59. The second kappa shape index (κ2) is 6.61. The van der Waals surface area contributed by atoms with Gasteiger partial charge in [-0.2, -0.15) is 0 Å². The standard InChI is InChI=1S/C14H30N2/c1-6-14(15-7-2)10-16-9-11(3)8-12(4)13(16)5/h11-15H,6-10H2,1-5H3. The van der Waals surface area contributed by atoms with Gasteiger partial charge in [-0.25, -0.2) is 0 Å². The normalized spacial score (nSPS) is 33.9. The fraction of sp³-hybridized carbons (Fsp3) is 1.00. The number of nitrogens with zero attached hydrogens (tertiary/aromatic N) is 1. The summed E-state index contributed by atoms with van der Waals surface area (Å²) in [6.45, 7) is 15.3. The lowest BCUT2D eigenvalue weighted by atomic mass is 9.85. The largest absolute Gasteiger partial charge is 0.313 e. The summed E-state index contributed by atoms with van der Waals surface area (Å²) < 4.78 is 0. The highest BCUT2D eigenvalue weighted by molar-refractivity contribution is 4.84. The van der Waals surface area contributed by atoms with Crippen LogP contribution >= 0.6 is 0 Å². The van der Waals surface area contributed by atoms with E-state index < -0.39 is 0 Å². The second-order valence-electron chi connectivity index (χ2n) is 5.68. The van der Waals surface area contributed by atoms with Crippen molar-refractivity contribution in [1.29, 1.82) is 0 Å². The van der Waals surface area contributed by atoms with Gasteiger partial charge in [0.25, 0.3) is 0 Å². The van der Waals surface area contributed by atoms with E-state index in [0.29, 0.717) is 6.04 Å². The molecule has 0 radical (unpaired) electrons. The molecule has 16 heavy (non-hydrogen) atoms. The van der Waals surface area contributed by atoms with Crippen LogP contribution in [0.1, 0.15) is 47.5 Å². The summed E-state index contributed by atoms with van der Waals surface area (Å²) in [6, 6.07) is 1.42. The van der Waals surface area contributed by atoms with Crippen LogP contribution in [0.3, 0.4) is 0 Å². The van der Waals surface area contributed by atoms with Crippen molar-refractivity contribution in [3.8, 4) is 0 Å². The molecule has 96 valence electrons. The Kier molecular flexibility index (Phi) is 5.77. The van der Waals surface area contributed by atoms with Crippen LogP contribution in [0, 0.1) is 11.8 Å². The Bertz CT molecular complexity index is 193. The number of nitrogens with one attached hydrogen (secondary N) is 1. The highest BCUT2D eigenvalue weighted by Gasteiger charge is 2.29. The van der Waals surface area contributed by atoms with Crippen molar-refractivity contribution in [2.45, 2.75) is 59.5 Å². The summed E-state index contributed by atoms with van der Waals surface area (Å²) in [6.07, 6.45) is 2.63. The molecule has 1 saturated heterocycles. The molecule has 2 nitrogen and oxygen atoms in total. The van der Waals surface area contributed by atoms with Crippen molar-refractivity contribution < 1.29 is 0 Å². The summed E-state index contributed by atoms with van der Waals surface area (Å²) in [5.74, 6) is 1.72. The minimum Gasteiger partial charge on any atom is -0.313 e. The summed E-state index contributed by atoms with van der Waals surface area (Å²) in [7, 11) is 0. The molecule has 4 atom stereocenters. The Balaban J connectivity index is 2.49. The van der Waals surface area contributed by atoms with Gasteiger partial charge in [0, 0.05) is 25.2 Å². The Morgan fingerprint density at radius 1 is 1.25 bits per heavy atom. The van der Waals surface area contributed by atoms with E-state index in [4.69, 9.17) is 0 Å². The summed E-state index contributed by atoms with van der Waals surface area (Å²) in [5.41, 5.74) is 0. The zero-order chi connectivity index (χ0) is 12.1. The van der Waals surface area contributed by atoms with Crippen LogP contribution in [0.25, 0.3) is 0 Å². The molecule has 0 spiro atoms. The molecular formula is C14H30N2. The lowest BCUT2D eigenvalue weighted by Crippen LogP contribution is -2.51. The van der Waals surface area contributed by atoms with Crippen molar-refractivity contribution in [3.63, 3.8) is 0 Å². The Morgan fingerprint density at radius 2 is 1.94 bits per heavy atom. The minimum atomic E-state index is 0.671. The first-order chi connectivity index (χ1) is 7.58. The Morgan fingerprint density at radius 3 is 2.50 bits per heavy atom. The third-order valence-corrected chi connectivity index (χ3v) is 4.16. The molecular weight excluding hydrogens is 196 g/mol. The smallest absolute Gasteiger partial charge is 0.0192 e. The van der Waals surface area contributed by atoms with E-state index >= 15 is 0 Å². The summed E-state index contributed by atoms with van der Waals surface area (Å²) in [4.78, 5) is 2.69. The number of rotatable bonds is 5. The van der Waals surface area contributed by atoms with Crippen LogP contribution in [0.15, 0.2) is 0 Å². The van der Waals surface area contributed by atoms with Crippen LogP contribution in [0.2, 0.25) is 0 Å². The van der Waals surface area contributed by atoms with Crippen LogP contribution < -0.4 is 5.32 Å². The van der Waals surface area contributed by atoms with Crippen molar-refractivity contribution in [3.05, 3.63) is 0 Å². The first-order valence-corrected chi connectivity index (χ1v) is 7.05. The van der Waals surface area contributed by atoms with Gasteiger partial charge in [0.1, 0.15) is 0 Å². The predicted octanol–water partition coefficient (Wildman–Crippen LogP) is 2.74. The van der Waals surface area contributed by atoms with Gasteiger partial charge in [-0.05, 0) is 38.1 Å². The average Bonchev–Trinajstić information content (AvgIpc) is 2.24. The van der Waals surface area contributed by atoms with E-state index in [1.807, 2.05) is 0 Å². The SMILES string of the molecule is CCNC(CC)CN1CC(C)CC(C)C1C. The van der Waals surface area contributed by atoms with Crippen molar-refractivity contribution in [2.75, 3.05) is 19.6 Å². The maximum Gasteiger partial charge on any atom is 0.0192 e. The number of likely N-dealkylation sites (N-methyl/N-ethyl adjacent to an activating group) is 1. The van der Waals surface area contributed by atoms with Gasteiger partial charge in [0.05, 0.1) is 0 Å². The number of likely N-dealkylation sites (tertiary alicyclic amines) is 1. The highest BCUT2D eigenvalue weighted by Crippen LogP contribution is 2.26. The molecule has 0 bridgehead atoms. The van der Waals surface area contributed by atoms with Gasteiger partial charge >= 0.3 is 0 Å². The first kappa shape index (κ1) is 14.0. The molecule has 0 aromatic carbocycles. The van der Waals surface area contributed by atoms with Gasteiger partial charge in [0.2, 0.25) is 0 Å². The Hall–Kier alpha value is -0.0800. The van der Waals surface area contributed by atoms with E-state index in [0.717, 1.165) is 24.4 Å². The van der Waals surface area contributed by atoms with Gasteiger partial charge in [-0.1, -0.05) is 27.7 Å². The third-order valence-electron chi connectivity index (χ3n) is 4.16. The van der Waals surface area contributed by atoms with Crippen LogP contribution in [0.5, 0.6) is 0 Å². The lowest BCUT2D eigenvalue weighted by molar-refractivity contribution is 0.0700. The maximum absolute atomic E-state index is 3.59. The van der Waals surface area contributed by atoms with E-state index in [9.17, 15) is 0 Å². The molecule has 4 unspecified atom stereocenters. The molecule has 0 saturated carbocycles. The summed E-state index contributed by atoms with van der Waals surface area (Å²) >= 11 is 0. The molecule has 2 heteroatoms. The van der Waals surface area contributed by atoms with Gasteiger partial charge in [-0.3, -0.25) is 4.90 Å². The Labute approximate surface area is 102 Å². The van der Waals surface area contributed by atoms with E-state index in [1.54, 1.807) is 0 Å². The molecule has 0 amide bonds. The van der Waals surface area contributed by atoms with E-state index in [-0.39, 0.29) is 0 Å². The molecule has 1 N–H and O–H groups in total. The van der Waals surface area contributed by atoms with Crippen LogP contribution in [-0.4, -0.2) is 36.6 Å². The monoisotopic (exact) mass is 226 g/mol. The van der Waals surface area contributed by atoms with E-state index in [1.165, 1.54) is 25.9 Å².